The van der Waals surface area contributed by atoms with E-state index in [2.05, 4.69) is 16.1 Å². The van der Waals surface area contributed by atoms with E-state index in [9.17, 15) is 18.0 Å². The monoisotopic (exact) mass is 676 g/mol. The second kappa shape index (κ2) is 16.6. The Morgan fingerprint density at radius 2 is 1.79 bits per heavy atom. The molecule has 13 heteroatoms. The van der Waals surface area contributed by atoms with Crippen molar-refractivity contribution in [1.29, 1.82) is 5.41 Å². The van der Waals surface area contributed by atoms with Crippen molar-refractivity contribution in [1.82, 2.24) is 9.80 Å². The van der Waals surface area contributed by atoms with Crippen molar-refractivity contribution in [2.45, 2.75) is 39.5 Å². The summed E-state index contributed by atoms with van der Waals surface area (Å²) in [6.45, 7) is 6.74. The number of rotatable bonds is 13. The number of hydrogen-bond acceptors (Lipinski definition) is 8. The Kier molecular flexibility index (Phi) is 12.7. The molecule has 2 aromatic rings. The Labute approximate surface area is 284 Å². The predicted molar refractivity (Wildman–Crippen MR) is 195 cm³/mol. The van der Waals surface area contributed by atoms with Crippen molar-refractivity contribution in [3.05, 3.63) is 65.2 Å². The van der Waals surface area contributed by atoms with Gasteiger partial charge in [0, 0.05) is 73.8 Å². The first-order valence-electron chi connectivity index (χ1n) is 16.5. The number of sulfone groups is 1. The maximum atomic E-state index is 13.4. The second-order valence-corrected chi connectivity index (χ2v) is 14.5. The van der Waals surface area contributed by atoms with Crippen molar-refractivity contribution in [2.75, 3.05) is 68.5 Å². The van der Waals surface area contributed by atoms with Gasteiger partial charge in [-0.1, -0.05) is 37.3 Å². The van der Waals surface area contributed by atoms with E-state index in [4.69, 9.17) is 16.9 Å². The van der Waals surface area contributed by atoms with Crippen LogP contribution in [0.25, 0.3) is 5.57 Å². The topological polar surface area (TPSA) is 179 Å². The van der Waals surface area contributed by atoms with Gasteiger partial charge in [0.15, 0.2) is 0 Å². The molecule has 1 fully saturated rings. The lowest BCUT2D eigenvalue weighted by atomic mass is 9.90. The number of nitrogen functional groups attached to an aromatic ring is 1. The molecule has 2 amide bonds. The molecule has 2 heterocycles. The minimum atomic E-state index is -3.05. The van der Waals surface area contributed by atoms with Gasteiger partial charge in [0.25, 0.3) is 0 Å². The molecule has 48 heavy (non-hydrogen) atoms. The summed E-state index contributed by atoms with van der Waals surface area (Å²) in [6.07, 6.45) is 5.28. The molecule has 0 saturated carbocycles. The first kappa shape index (κ1) is 36.5. The molecule has 0 atom stereocenters. The number of nitrogens with zero attached hydrogens (tertiary/aromatic N) is 5. The summed E-state index contributed by atoms with van der Waals surface area (Å²) >= 11 is 0. The van der Waals surface area contributed by atoms with Gasteiger partial charge in [0.2, 0.25) is 11.8 Å². The number of hydrogen-bond donors (Lipinski definition) is 3. The molecular formula is C35H48N8O4S. The number of nitrogens with two attached hydrogens (primary N) is 2. The molecule has 258 valence electrons. The number of carbonyl (C=O) groups is 2. The number of amidine groups is 1. The lowest BCUT2D eigenvalue weighted by Gasteiger charge is -2.30. The van der Waals surface area contributed by atoms with Gasteiger partial charge in [-0.05, 0) is 62.1 Å². The molecule has 0 aliphatic carbocycles. The molecule has 2 aliphatic heterocycles. The van der Waals surface area contributed by atoms with E-state index in [0.717, 1.165) is 17.5 Å². The summed E-state index contributed by atoms with van der Waals surface area (Å²) in [4.78, 5) is 40.1. The van der Waals surface area contributed by atoms with Crippen LogP contribution in [0.5, 0.6) is 0 Å². The second-order valence-electron chi connectivity index (χ2n) is 12.2. The molecule has 2 aromatic carbocycles. The average molecular weight is 677 g/mol. The van der Waals surface area contributed by atoms with Crippen LogP contribution >= 0.6 is 0 Å². The summed E-state index contributed by atoms with van der Waals surface area (Å²) < 4.78 is 23.8. The van der Waals surface area contributed by atoms with Crippen molar-refractivity contribution in [3.8, 4) is 0 Å². The van der Waals surface area contributed by atoms with Gasteiger partial charge in [0.1, 0.15) is 22.0 Å². The third-order valence-corrected chi connectivity index (χ3v) is 10.8. The van der Waals surface area contributed by atoms with E-state index in [1.165, 1.54) is 11.9 Å². The zero-order valence-corrected chi connectivity index (χ0v) is 29.0. The SMILES string of the molecule is CCN(CCC(=O)N(CC)c1ccc(N)c(C(=N)C2CCS(=O)(=O)CC2)c1)CC(=O)N1CC=C(c2ccc(C(N)=NC=NC)cc2)CC1. The molecule has 2 aliphatic rings. The third-order valence-electron chi connectivity index (χ3n) is 9.09. The van der Waals surface area contributed by atoms with Crippen LogP contribution in [0.1, 0.15) is 56.2 Å². The van der Waals surface area contributed by atoms with Gasteiger partial charge in [0.05, 0.1) is 18.1 Å². The summed E-state index contributed by atoms with van der Waals surface area (Å²) in [7, 11) is -1.41. The van der Waals surface area contributed by atoms with Gasteiger partial charge >= 0.3 is 0 Å². The first-order chi connectivity index (χ1) is 23.0. The first-order valence-corrected chi connectivity index (χ1v) is 18.3. The van der Waals surface area contributed by atoms with Crippen molar-refractivity contribution >= 4 is 56.5 Å². The minimum absolute atomic E-state index is 0.0288. The summed E-state index contributed by atoms with van der Waals surface area (Å²) in [5.74, 6) is 0.302. The molecule has 0 spiro atoms. The third kappa shape index (κ3) is 9.38. The Morgan fingerprint density at radius 1 is 1.08 bits per heavy atom. The minimum Gasteiger partial charge on any atom is -0.398 e. The maximum absolute atomic E-state index is 13.4. The molecule has 12 nitrogen and oxygen atoms in total. The molecule has 0 radical (unpaired) electrons. The van der Waals surface area contributed by atoms with Crippen molar-refractivity contribution in [2.24, 2.45) is 21.6 Å². The van der Waals surface area contributed by atoms with Gasteiger partial charge < -0.3 is 26.7 Å². The molecule has 0 bridgehead atoms. The number of nitrogens with one attached hydrogen (secondary N) is 1. The maximum Gasteiger partial charge on any atom is 0.237 e. The number of benzene rings is 2. The quantitative estimate of drug-likeness (QED) is 0.166. The smallest absolute Gasteiger partial charge is 0.237 e. The van der Waals surface area contributed by atoms with Gasteiger partial charge in [-0.3, -0.25) is 19.5 Å². The molecule has 5 N–H and O–H groups in total. The summed E-state index contributed by atoms with van der Waals surface area (Å²) in [5.41, 5.74) is 17.3. The van der Waals surface area contributed by atoms with Crippen LogP contribution in [-0.2, 0) is 19.4 Å². The highest BCUT2D eigenvalue weighted by atomic mass is 32.2. The Bertz CT molecular complexity index is 1670. The van der Waals surface area contributed by atoms with E-state index in [0.29, 0.717) is 74.1 Å². The van der Waals surface area contributed by atoms with Crippen LogP contribution in [0.4, 0.5) is 11.4 Å². The van der Waals surface area contributed by atoms with E-state index in [1.54, 1.807) is 30.1 Å². The highest BCUT2D eigenvalue weighted by Gasteiger charge is 2.28. The number of amides is 2. The van der Waals surface area contributed by atoms with Crippen molar-refractivity contribution in [3.63, 3.8) is 0 Å². The van der Waals surface area contributed by atoms with E-state index < -0.39 is 9.84 Å². The van der Waals surface area contributed by atoms with E-state index in [-0.39, 0.29) is 42.2 Å². The normalized spacial score (nSPS) is 17.0. The standard InChI is InChI=1S/C35H48N8O4S/c1-4-41(23-33(45)42-18-12-26(13-19-42)25-6-8-28(9-7-25)35(38)40-24-39-3)17-14-32(44)43(5-2)29-10-11-31(36)30(22-29)34(37)27-15-20-48(46,47)21-16-27/h6-12,22,24,27,37H,4-5,13-21,23,36H2,1-3H3,(H2,38,39,40). The number of carbonyl (C=O) groups excluding carboxylic acids is 2. The zero-order chi connectivity index (χ0) is 34.8. The Morgan fingerprint density at radius 3 is 2.40 bits per heavy atom. The fraction of sp³-hybridized carbons (Fsp3) is 0.457. The number of anilines is 2. The van der Waals surface area contributed by atoms with Crippen LogP contribution in [0, 0.1) is 11.3 Å². The van der Waals surface area contributed by atoms with Crippen LogP contribution < -0.4 is 16.4 Å². The van der Waals surface area contributed by atoms with Crippen LogP contribution in [0.2, 0.25) is 0 Å². The van der Waals surface area contributed by atoms with E-state index >= 15 is 0 Å². The number of aliphatic imine (C=N–C) groups is 2. The molecule has 1 saturated heterocycles. The highest BCUT2D eigenvalue weighted by molar-refractivity contribution is 7.91. The summed E-state index contributed by atoms with van der Waals surface area (Å²) in [6, 6.07) is 13.1. The van der Waals surface area contributed by atoms with Gasteiger partial charge in [-0.2, -0.15) is 0 Å². The van der Waals surface area contributed by atoms with Crippen molar-refractivity contribution < 1.29 is 18.0 Å². The molecule has 0 unspecified atom stereocenters. The fourth-order valence-electron chi connectivity index (χ4n) is 6.08. The van der Waals surface area contributed by atoms with Crippen LogP contribution in [0.15, 0.2) is 58.5 Å². The Balaban J connectivity index is 1.31. The van der Waals surface area contributed by atoms with Gasteiger partial charge in [-0.25, -0.2) is 13.4 Å². The lowest BCUT2D eigenvalue weighted by molar-refractivity contribution is -0.132. The molecule has 4 rings (SSSR count). The van der Waals surface area contributed by atoms with Crippen LogP contribution in [0.3, 0.4) is 0 Å². The predicted octanol–water partition coefficient (Wildman–Crippen LogP) is 3.21. The summed E-state index contributed by atoms with van der Waals surface area (Å²) in [5, 5.41) is 8.77. The highest BCUT2D eigenvalue weighted by Crippen LogP contribution is 2.29. The molecular weight excluding hydrogens is 629 g/mol. The van der Waals surface area contributed by atoms with Gasteiger partial charge in [-0.15, -0.1) is 0 Å². The fourth-order valence-corrected chi connectivity index (χ4v) is 7.57. The number of likely N-dealkylation sites (N-methyl/N-ethyl adjacent to an activating group) is 1. The van der Waals surface area contributed by atoms with E-state index in [1.807, 2.05) is 47.9 Å². The average Bonchev–Trinajstić information content (AvgIpc) is 3.09. The lowest BCUT2D eigenvalue weighted by Crippen LogP contribution is -2.43. The van der Waals surface area contributed by atoms with Crippen LogP contribution in [-0.4, -0.2) is 106 Å². The largest absolute Gasteiger partial charge is 0.398 e. The Hall–Kier alpha value is -4.36. The molecule has 0 aromatic heterocycles. The zero-order valence-electron chi connectivity index (χ0n) is 28.2.